The third-order valence-corrected chi connectivity index (χ3v) is 5.14. The van der Waals surface area contributed by atoms with E-state index in [0.717, 1.165) is 42.6 Å². The van der Waals surface area contributed by atoms with Crippen molar-refractivity contribution in [2.45, 2.75) is 38.8 Å². The molecule has 0 spiro atoms. The lowest BCUT2D eigenvalue weighted by Gasteiger charge is -2.34. The maximum absolute atomic E-state index is 13.4. The lowest BCUT2D eigenvalue weighted by atomic mass is 10.1. The van der Waals surface area contributed by atoms with Crippen LogP contribution in [0.15, 0.2) is 48.7 Å². The van der Waals surface area contributed by atoms with Crippen LogP contribution in [-0.4, -0.2) is 40.1 Å². The molecular weight excluding hydrogens is 355 g/mol. The van der Waals surface area contributed by atoms with Gasteiger partial charge in [-0.1, -0.05) is 6.07 Å². The quantitative estimate of drug-likeness (QED) is 0.691. The number of rotatable bonds is 5. The Labute approximate surface area is 164 Å². The van der Waals surface area contributed by atoms with Gasteiger partial charge in [-0.2, -0.15) is 0 Å². The Balaban J connectivity index is 1.47. The van der Waals surface area contributed by atoms with Gasteiger partial charge in [0.25, 0.3) is 0 Å². The number of benzene rings is 2. The average molecular weight is 380 g/mol. The number of ether oxygens (including phenoxy) is 1. The van der Waals surface area contributed by atoms with Gasteiger partial charge in [0.05, 0.1) is 5.52 Å². The topological polar surface area (TPSA) is 50.3 Å². The first-order chi connectivity index (χ1) is 13.6. The van der Waals surface area contributed by atoms with E-state index in [2.05, 4.69) is 34.0 Å². The summed E-state index contributed by atoms with van der Waals surface area (Å²) in [5.74, 6) is 0.955. The third-order valence-electron chi connectivity index (χ3n) is 5.14. The van der Waals surface area contributed by atoms with E-state index >= 15 is 0 Å². The summed E-state index contributed by atoms with van der Waals surface area (Å²) < 4.78 is 19.6. The molecule has 0 atom stereocenters. The molecule has 0 aliphatic carbocycles. The molecule has 0 bridgehead atoms. The predicted molar refractivity (Wildman–Crippen MR) is 110 cm³/mol. The highest BCUT2D eigenvalue weighted by atomic mass is 19.1. The molecule has 1 aliphatic heterocycles. The molecule has 2 aromatic carbocycles. The molecule has 1 aliphatic rings. The van der Waals surface area contributed by atoms with Crippen molar-refractivity contribution >= 4 is 22.5 Å². The number of hydrogen-bond donors (Lipinski definition) is 1. The van der Waals surface area contributed by atoms with Crippen molar-refractivity contribution in [3.8, 4) is 5.75 Å². The molecule has 1 N–H and O–H groups in total. The van der Waals surface area contributed by atoms with Crippen LogP contribution in [0.25, 0.3) is 10.9 Å². The van der Waals surface area contributed by atoms with Gasteiger partial charge in [-0.25, -0.2) is 14.4 Å². The van der Waals surface area contributed by atoms with Crippen molar-refractivity contribution in [2.24, 2.45) is 0 Å². The van der Waals surface area contributed by atoms with Crippen molar-refractivity contribution in [1.82, 2.24) is 14.9 Å². The van der Waals surface area contributed by atoms with Crippen molar-refractivity contribution in [3.63, 3.8) is 0 Å². The first-order valence-electron chi connectivity index (χ1n) is 9.77. The van der Waals surface area contributed by atoms with Crippen LogP contribution < -0.4 is 10.1 Å². The number of likely N-dealkylation sites (tertiary alicyclic amines) is 1. The summed E-state index contributed by atoms with van der Waals surface area (Å²) in [5.41, 5.74) is 1.41. The molecular formula is C22H25FN4O. The highest BCUT2D eigenvalue weighted by molar-refractivity contribution is 5.80. The summed E-state index contributed by atoms with van der Waals surface area (Å²) in [4.78, 5) is 11.4. The van der Waals surface area contributed by atoms with Gasteiger partial charge in [0.1, 0.15) is 17.7 Å². The second kappa shape index (κ2) is 8.10. The van der Waals surface area contributed by atoms with Gasteiger partial charge in [0.2, 0.25) is 5.95 Å². The molecule has 0 radical (unpaired) electrons. The molecule has 5 nitrogen and oxygen atoms in total. The highest BCUT2D eigenvalue weighted by Gasteiger charge is 2.22. The number of nitrogens with one attached hydrogen (secondary N) is 1. The zero-order chi connectivity index (χ0) is 19.5. The lowest BCUT2D eigenvalue weighted by molar-refractivity contribution is 0.0844. The summed E-state index contributed by atoms with van der Waals surface area (Å²) in [6.45, 7) is 6.61. The van der Waals surface area contributed by atoms with E-state index in [4.69, 9.17) is 4.74 Å². The predicted octanol–water partition coefficient (Wildman–Crippen LogP) is 4.76. The van der Waals surface area contributed by atoms with Gasteiger partial charge in [0.15, 0.2) is 0 Å². The van der Waals surface area contributed by atoms with Crippen LogP contribution in [0.1, 0.15) is 26.7 Å². The van der Waals surface area contributed by atoms with Crippen molar-refractivity contribution in [1.29, 1.82) is 0 Å². The fourth-order valence-electron chi connectivity index (χ4n) is 3.53. The Morgan fingerprint density at radius 3 is 2.71 bits per heavy atom. The minimum absolute atomic E-state index is 0.235. The average Bonchev–Trinajstić information content (AvgIpc) is 2.68. The SMILES string of the molecule is CC(C)N1CCC(Oc2ccc3cnc(Nc4cccc(F)c4)nc3c2)CC1. The molecule has 28 heavy (non-hydrogen) atoms. The van der Waals surface area contributed by atoms with E-state index in [0.29, 0.717) is 17.7 Å². The van der Waals surface area contributed by atoms with Crippen molar-refractivity contribution in [3.05, 3.63) is 54.5 Å². The Hall–Kier alpha value is -2.73. The van der Waals surface area contributed by atoms with Gasteiger partial charge in [-0.15, -0.1) is 0 Å². The monoisotopic (exact) mass is 380 g/mol. The second-order valence-corrected chi connectivity index (χ2v) is 7.50. The molecule has 6 heteroatoms. The van der Waals surface area contributed by atoms with Crippen molar-refractivity contribution < 1.29 is 9.13 Å². The second-order valence-electron chi connectivity index (χ2n) is 7.50. The summed E-state index contributed by atoms with van der Waals surface area (Å²) in [5, 5.41) is 3.98. The van der Waals surface area contributed by atoms with Crippen LogP contribution in [0.2, 0.25) is 0 Å². The highest BCUT2D eigenvalue weighted by Crippen LogP contribution is 2.24. The molecule has 0 unspecified atom stereocenters. The molecule has 2 heterocycles. The summed E-state index contributed by atoms with van der Waals surface area (Å²) in [6.07, 6.45) is 4.06. The van der Waals surface area contributed by atoms with Crippen LogP contribution in [-0.2, 0) is 0 Å². The van der Waals surface area contributed by atoms with E-state index in [1.165, 1.54) is 12.1 Å². The van der Waals surface area contributed by atoms with E-state index in [1.807, 2.05) is 18.2 Å². The van der Waals surface area contributed by atoms with E-state index in [9.17, 15) is 4.39 Å². The van der Waals surface area contributed by atoms with Gasteiger partial charge in [0, 0.05) is 42.5 Å². The summed E-state index contributed by atoms with van der Waals surface area (Å²) in [6, 6.07) is 12.7. The van der Waals surface area contributed by atoms with E-state index in [1.54, 1.807) is 18.3 Å². The van der Waals surface area contributed by atoms with Crippen molar-refractivity contribution in [2.75, 3.05) is 18.4 Å². The fraction of sp³-hybridized carbons (Fsp3) is 0.364. The van der Waals surface area contributed by atoms with Crippen LogP contribution in [0, 0.1) is 5.82 Å². The molecule has 0 saturated carbocycles. The fourth-order valence-corrected chi connectivity index (χ4v) is 3.53. The summed E-state index contributed by atoms with van der Waals surface area (Å²) >= 11 is 0. The largest absolute Gasteiger partial charge is 0.490 e. The van der Waals surface area contributed by atoms with E-state index in [-0.39, 0.29) is 11.9 Å². The number of anilines is 2. The smallest absolute Gasteiger partial charge is 0.227 e. The molecule has 146 valence electrons. The minimum Gasteiger partial charge on any atom is -0.490 e. The van der Waals surface area contributed by atoms with Crippen LogP contribution in [0.3, 0.4) is 0 Å². The minimum atomic E-state index is -0.301. The number of aromatic nitrogens is 2. The molecule has 1 fully saturated rings. The van der Waals surface area contributed by atoms with Gasteiger partial charge < -0.3 is 15.0 Å². The first kappa shape index (κ1) is 18.6. The Kier molecular flexibility index (Phi) is 5.39. The third kappa shape index (κ3) is 4.39. The molecule has 4 rings (SSSR count). The number of nitrogens with zero attached hydrogens (tertiary/aromatic N) is 3. The van der Waals surface area contributed by atoms with E-state index < -0.39 is 0 Å². The standard InChI is InChI=1S/C22H25FN4O/c1-15(2)27-10-8-19(9-11-27)28-20-7-6-16-14-24-22(26-21(16)13-20)25-18-5-3-4-17(23)12-18/h3-7,12-15,19H,8-11H2,1-2H3,(H,24,25,26). The maximum Gasteiger partial charge on any atom is 0.227 e. The number of piperidine rings is 1. The summed E-state index contributed by atoms with van der Waals surface area (Å²) in [7, 11) is 0. The normalized spacial score (nSPS) is 15.9. The zero-order valence-electron chi connectivity index (χ0n) is 16.2. The maximum atomic E-state index is 13.4. The van der Waals surface area contributed by atoms with Crippen LogP contribution in [0.4, 0.5) is 16.0 Å². The van der Waals surface area contributed by atoms with Crippen LogP contribution >= 0.6 is 0 Å². The van der Waals surface area contributed by atoms with Crippen LogP contribution in [0.5, 0.6) is 5.75 Å². The first-order valence-corrected chi connectivity index (χ1v) is 9.77. The molecule has 1 saturated heterocycles. The Bertz CT molecular complexity index is 954. The Morgan fingerprint density at radius 1 is 1.14 bits per heavy atom. The molecule has 3 aromatic rings. The number of fused-ring (bicyclic) bond motifs is 1. The zero-order valence-corrected chi connectivity index (χ0v) is 16.2. The van der Waals surface area contributed by atoms with Gasteiger partial charge >= 0.3 is 0 Å². The number of hydrogen-bond acceptors (Lipinski definition) is 5. The number of halogens is 1. The van der Waals surface area contributed by atoms with Gasteiger partial charge in [-0.05, 0) is 57.0 Å². The Morgan fingerprint density at radius 2 is 1.96 bits per heavy atom. The lowest BCUT2D eigenvalue weighted by Crippen LogP contribution is -2.41. The molecule has 0 amide bonds. The molecule has 1 aromatic heterocycles. The van der Waals surface area contributed by atoms with Gasteiger partial charge in [-0.3, -0.25) is 0 Å².